The molecule has 2 aromatic carbocycles. The van der Waals surface area contributed by atoms with Crippen LogP contribution in [0.1, 0.15) is 16.8 Å². The summed E-state index contributed by atoms with van der Waals surface area (Å²) < 4.78 is 10.9. The Morgan fingerprint density at radius 1 is 1.14 bits per heavy atom. The van der Waals surface area contributed by atoms with E-state index in [2.05, 4.69) is 23.4 Å². The molecule has 3 aromatic rings. The Bertz CT molecular complexity index is 1010. The van der Waals surface area contributed by atoms with E-state index in [1.165, 1.54) is 16.0 Å². The number of para-hydroxylation sites is 1. The lowest BCUT2D eigenvalue weighted by atomic mass is 10.1. The average Bonchev–Trinajstić information content (AvgIpc) is 3.35. The van der Waals surface area contributed by atoms with Crippen LogP contribution in [0, 0.1) is 0 Å². The minimum absolute atomic E-state index is 0.132. The first-order chi connectivity index (χ1) is 13.8. The summed E-state index contributed by atoms with van der Waals surface area (Å²) in [5.41, 5.74) is 4.15. The monoisotopic (exact) mass is 378 g/mol. The zero-order valence-electron chi connectivity index (χ0n) is 15.8. The molecule has 1 aromatic heterocycles. The number of nitrogens with zero attached hydrogens (tertiary/aromatic N) is 2. The molecule has 0 saturated carbocycles. The molecule has 0 radical (unpaired) electrons. The van der Waals surface area contributed by atoms with Crippen LogP contribution in [0.15, 0.2) is 47.0 Å². The van der Waals surface area contributed by atoms with Gasteiger partial charge in [-0.15, -0.1) is 0 Å². The van der Waals surface area contributed by atoms with E-state index in [1.54, 1.807) is 0 Å². The minimum atomic E-state index is 0.132. The second kappa shape index (κ2) is 7.28. The molecular weight excluding hydrogens is 354 g/mol. The van der Waals surface area contributed by atoms with Crippen molar-refractivity contribution in [1.82, 2.24) is 10.1 Å². The molecule has 2 aliphatic heterocycles. The zero-order valence-corrected chi connectivity index (χ0v) is 15.8. The van der Waals surface area contributed by atoms with Crippen molar-refractivity contribution in [2.45, 2.75) is 19.4 Å². The normalized spacial score (nSPS) is 16.9. The summed E-state index contributed by atoms with van der Waals surface area (Å²) in [6.07, 6.45) is 1.31. The molecule has 1 saturated heterocycles. The molecule has 6 nitrogen and oxygen atoms in total. The highest BCUT2D eigenvalue weighted by molar-refractivity contribution is 5.86. The molecule has 5 rings (SSSR count). The minimum Gasteiger partial charge on any atom is -0.493 e. The Balaban J connectivity index is 1.17. The van der Waals surface area contributed by atoms with E-state index in [0.717, 1.165) is 68.2 Å². The Hall–Kier alpha value is -2.86. The van der Waals surface area contributed by atoms with E-state index in [1.807, 2.05) is 29.2 Å². The largest absolute Gasteiger partial charge is 0.493 e. The summed E-state index contributed by atoms with van der Waals surface area (Å²) in [5.74, 6) is 1.17. The van der Waals surface area contributed by atoms with Crippen LogP contribution in [-0.4, -0.2) is 48.7 Å². The topological polar surface area (TPSA) is 60.0 Å². The van der Waals surface area contributed by atoms with E-state index in [4.69, 9.17) is 9.26 Å². The Kier molecular flexibility index (Phi) is 4.49. The lowest BCUT2D eigenvalue weighted by Gasteiger charge is -2.32. The first-order valence-electron chi connectivity index (χ1n) is 9.95. The van der Waals surface area contributed by atoms with Gasteiger partial charge in [-0.2, -0.15) is 0 Å². The Morgan fingerprint density at radius 3 is 2.89 bits per heavy atom. The van der Waals surface area contributed by atoms with Crippen LogP contribution in [0.25, 0.3) is 11.0 Å². The SMILES string of the molecule is O=C(Cc1noc2ccccc12)N1CC[NH+](Cc2ccc3c(c2)CCO3)CC1. The molecule has 2 aliphatic rings. The number of fused-ring (bicyclic) bond motifs is 2. The van der Waals surface area contributed by atoms with Gasteiger partial charge in [0.15, 0.2) is 5.58 Å². The van der Waals surface area contributed by atoms with E-state index >= 15 is 0 Å². The van der Waals surface area contributed by atoms with Crippen molar-refractivity contribution in [3.8, 4) is 5.75 Å². The van der Waals surface area contributed by atoms with Gasteiger partial charge in [0, 0.05) is 17.4 Å². The smallest absolute Gasteiger partial charge is 0.229 e. The number of hydrogen-bond donors (Lipinski definition) is 1. The standard InChI is InChI=1S/C22H23N3O3/c26-22(14-19-18-3-1-2-4-21(18)28-23-19)25-10-8-24(9-11-25)15-16-5-6-20-17(13-16)7-12-27-20/h1-6,13H,7-12,14-15H2/p+1. The summed E-state index contributed by atoms with van der Waals surface area (Å²) in [6.45, 7) is 5.32. The van der Waals surface area contributed by atoms with E-state index < -0.39 is 0 Å². The van der Waals surface area contributed by atoms with Crippen molar-refractivity contribution < 1.29 is 19.0 Å². The van der Waals surface area contributed by atoms with Crippen LogP contribution in [0.2, 0.25) is 0 Å². The molecule has 0 bridgehead atoms. The van der Waals surface area contributed by atoms with Gasteiger partial charge in [0.25, 0.3) is 0 Å². The Labute approximate surface area is 163 Å². The fraction of sp³-hybridized carbons (Fsp3) is 0.364. The number of carbonyl (C=O) groups excluding carboxylic acids is 1. The molecule has 1 amide bonds. The molecule has 0 spiro atoms. The van der Waals surface area contributed by atoms with Crippen molar-refractivity contribution in [3.63, 3.8) is 0 Å². The van der Waals surface area contributed by atoms with Crippen molar-refractivity contribution in [1.29, 1.82) is 0 Å². The molecule has 6 heteroatoms. The number of carbonyl (C=O) groups is 1. The van der Waals surface area contributed by atoms with Crippen LogP contribution in [0.5, 0.6) is 5.75 Å². The molecular formula is C22H24N3O3+. The summed E-state index contributed by atoms with van der Waals surface area (Å²) in [6, 6.07) is 14.2. The quantitative estimate of drug-likeness (QED) is 0.742. The molecule has 0 aliphatic carbocycles. The van der Waals surface area contributed by atoms with Gasteiger partial charge >= 0.3 is 0 Å². The predicted molar refractivity (Wildman–Crippen MR) is 104 cm³/mol. The number of ether oxygens (including phenoxy) is 1. The van der Waals surface area contributed by atoms with Gasteiger partial charge in [-0.1, -0.05) is 17.3 Å². The summed E-state index contributed by atoms with van der Waals surface area (Å²) in [7, 11) is 0. The summed E-state index contributed by atoms with van der Waals surface area (Å²) in [4.78, 5) is 16.2. The van der Waals surface area contributed by atoms with Gasteiger partial charge < -0.3 is 19.1 Å². The van der Waals surface area contributed by atoms with Gasteiger partial charge in [-0.05, 0) is 35.9 Å². The fourth-order valence-corrected chi connectivity index (χ4v) is 4.21. The highest BCUT2D eigenvalue weighted by Crippen LogP contribution is 2.25. The third kappa shape index (κ3) is 3.36. The highest BCUT2D eigenvalue weighted by atomic mass is 16.5. The van der Waals surface area contributed by atoms with Crippen LogP contribution < -0.4 is 9.64 Å². The number of nitrogens with one attached hydrogen (secondary N) is 1. The first-order valence-corrected chi connectivity index (χ1v) is 9.95. The van der Waals surface area contributed by atoms with Gasteiger partial charge in [-0.3, -0.25) is 4.79 Å². The number of benzene rings is 2. The number of amides is 1. The zero-order chi connectivity index (χ0) is 18.9. The Morgan fingerprint density at radius 2 is 2.00 bits per heavy atom. The molecule has 144 valence electrons. The third-order valence-corrected chi connectivity index (χ3v) is 5.80. The lowest BCUT2D eigenvalue weighted by molar-refractivity contribution is -0.917. The van der Waals surface area contributed by atoms with Gasteiger partial charge in [0.2, 0.25) is 5.91 Å². The molecule has 1 N–H and O–H groups in total. The van der Waals surface area contributed by atoms with Crippen LogP contribution in [0.3, 0.4) is 0 Å². The summed E-state index contributed by atoms with van der Waals surface area (Å²) in [5, 5.41) is 5.02. The van der Waals surface area contributed by atoms with Gasteiger partial charge in [0.05, 0.1) is 39.2 Å². The van der Waals surface area contributed by atoms with Gasteiger partial charge in [-0.25, -0.2) is 0 Å². The molecule has 0 unspecified atom stereocenters. The molecule has 28 heavy (non-hydrogen) atoms. The van der Waals surface area contributed by atoms with Crippen molar-refractivity contribution in [3.05, 3.63) is 59.3 Å². The maximum Gasteiger partial charge on any atom is 0.229 e. The van der Waals surface area contributed by atoms with E-state index in [0.29, 0.717) is 6.42 Å². The average molecular weight is 378 g/mol. The third-order valence-electron chi connectivity index (χ3n) is 5.80. The molecule has 1 fully saturated rings. The number of quaternary nitrogens is 1. The van der Waals surface area contributed by atoms with Crippen LogP contribution >= 0.6 is 0 Å². The number of aromatic nitrogens is 1. The van der Waals surface area contributed by atoms with Crippen molar-refractivity contribution >= 4 is 16.9 Å². The second-order valence-corrected chi connectivity index (χ2v) is 7.65. The predicted octanol–water partition coefficient (Wildman–Crippen LogP) is 1.23. The number of piperazine rings is 1. The molecule has 3 heterocycles. The maximum atomic E-state index is 12.7. The van der Waals surface area contributed by atoms with Gasteiger partial charge in [0.1, 0.15) is 18.0 Å². The highest BCUT2D eigenvalue weighted by Gasteiger charge is 2.25. The number of hydrogen-bond acceptors (Lipinski definition) is 4. The van der Waals surface area contributed by atoms with Crippen LogP contribution in [0.4, 0.5) is 0 Å². The maximum absolute atomic E-state index is 12.7. The van der Waals surface area contributed by atoms with E-state index in [9.17, 15) is 4.79 Å². The summed E-state index contributed by atoms with van der Waals surface area (Å²) >= 11 is 0. The van der Waals surface area contributed by atoms with Crippen molar-refractivity contribution in [2.24, 2.45) is 0 Å². The van der Waals surface area contributed by atoms with Crippen LogP contribution in [-0.2, 0) is 24.2 Å². The number of rotatable bonds is 4. The lowest BCUT2D eigenvalue weighted by Crippen LogP contribution is -3.13. The molecule has 0 atom stereocenters. The van der Waals surface area contributed by atoms with Crippen molar-refractivity contribution in [2.75, 3.05) is 32.8 Å². The first kappa shape index (κ1) is 17.3. The second-order valence-electron chi connectivity index (χ2n) is 7.65. The fourth-order valence-electron chi connectivity index (χ4n) is 4.21. The van der Waals surface area contributed by atoms with E-state index in [-0.39, 0.29) is 5.91 Å².